The highest BCUT2D eigenvalue weighted by molar-refractivity contribution is 9.10. The van der Waals surface area contributed by atoms with Gasteiger partial charge >= 0.3 is 0 Å². The van der Waals surface area contributed by atoms with Gasteiger partial charge in [-0.3, -0.25) is 4.79 Å². The number of rotatable bonds is 4. The quantitative estimate of drug-likeness (QED) is 0.322. The lowest BCUT2D eigenvalue weighted by atomic mass is 10.0. The maximum Gasteiger partial charge on any atom is 0.185 e. The molecule has 0 N–H and O–H groups in total. The molecule has 0 fully saturated rings. The molecule has 118 valence electrons. The van der Waals surface area contributed by atoms with Gasteiger partial charge in [0.2, 0.25) is 0 Å². The normalized spacial score (nSPS) is 10.9. The second kappa shape index (κ2) is 7.73. The van der Waals surface area contributed by atoms with Crippen LogP contribution in [0, 0.1) is 0 Å². The van der Waals surface area contributed by atoms with Crippen LogP contribution in [0.3, 0.4) is 0 Å². The molecule has 0 heterocycles. The highest BCUT2D eigenvalue weighted by Gasteiger charge is 2.03. The Hall–Kier alpha value is -1.97. The Labute approximate surface area is 158 Å². The fourth-order valence-electron chi connectivity index (χ4n) is 2.31. The van der Waals surface area contributed by atoms with Crippen LogP contribution in [0.25, 0.3) is 17.2 Å². The molecular weight excluding hydrogens is 428 g/mol. The van der Waals surface area contributed by atoms with Crippen LogP contribution in [0.4, 0.5) is 0 Å². The highest BCUT2D eigenvalue weighted by atomic mass is 79.9. The molecule has 0 spiro atoms. The van der Waals surface area contributed by atoms with E-state index in [0.717, 1.165) is 25.6 Å². The molecule has 0 aliphatic carbocycles. The topological polar surface area (TPSA) is 17.1 Å². The van der Waals surface area contributed by atoms with Crippen molar-refractivity contribution in [2.45, 2.75) is 0 Å². The minimum atomic E-state index is 0.000255. The molecule has 24 heavy (non-hydrogen) atoms. The lowest BCUT2D eigenvalue weighted by molar-refractivity contribution is 0.104. The highest BCUT2D eigenvalue weighted by Crippen LogP contribution is 2.22. The second-order valence-electron chi connectivity index (χ2n) is 5.33. The monoisotopic (exact) mass is 440 g/mol. The first-order chi connectivity index (χ1) is 11.6. The van der Waals surface area contributed by atoms with Crippen molar-refractivity contribution in [3.63, 3.8) is 0 Å². The van der Waals surface area contributed by atoms with Crippen LogP contribution >= 0.6 is 31.9 Å². The summed E-state index contributed by atoms with van der Waals surface area (Å²) in [6.07, 6.45) is 3.44. The fourth-order valence-corrected chi connectivity index (χ4v) is 2.84. The first kappa shape index (κ1) is 16.9. The third-order valence-corrected chi connectivity index (χ3v) is 4.70. The van der Waals surface area contributed by atoms with Gasteiger partial charge < -0.3 is 0 Å². The molecule has 0 aliphatic rings. The van der Waals surface area contributed by atoms with E-state index in [1.807, 2.05) is 78.9 Å². The van der Waals surface area contributed by atoms with Crippen LogP contribution in [0.15, 0.2) is 87.8 Å². The van der Waals surface area contributed by atoms with Crippen LogP contribution in [0.5, 0.6) is 0 Å². The van der Waals surface area contributed by atoms with Gasteiger partial charge in [0.15, 0.2) is 5.78 Å². The van der Waals surface area contributed by atoms with Gasteiger partial charge in [0.1, 0.15) is 0 Å². The summed E-state index contributed by atoms with van der Waals surface area (Å²) in [5.74, 6) is 0.000255. The number of carbonyl (C=O) groups is 1. The van der Waals surface area contributed by atoms with Gasteiger partial charge in [-0.1, -0.05) is 86.5 Å². The summed E-state index contributed by atoms with van der Waals surface area (Å²) in [5, 5.41) is 0. The summed E-state index contributed by atoms with van der Waals surface area (Å²) < 4.78 is 2.07. The summed E-state index contributed by atoms with van der Waals surface area (Å²) in [4.78, 5) is 12.3. The predicted octanol–water partition coefficient (Wildman–Crippen LogP) is 6.77. The number of halogens is 2. The van der Waals surface area contributed by atoms with E-state index in [9.17, 15) is 4.79 Å². The van der Waals surface area contributed by atoms with Crippen molar-refractivity contribution < 1.29 is 4.79 Å². The molecule has 1 nitrogen and oxygen atoms in total. The molecule has 3 aromatic carbocycles. The first-order valence-corrected chi connectivity index (χ1v) is 9.04. The summed E-state index contributed by atoms with van der Waals surface area (Å²) in [6, 6.07) is 23.6. The van der Waals surface area contributed by atoms with E-state index in [4.69, 9.17) is 0 Å². The van der Waals surface area contributed by atoms with E-state index in [0.29, 0.717) is 5.56 Å². The number of allylic oxidation sites excluding steroid dienone is 1. The Kier molecular flexibility index (Phi) is 5.44. The van der Waals surface area contributed by atoms with Gasteiger partial charge in [0, 0.05) is 14.5 Å². The predicted molar refractivity (Wildman–Crippen MR) is 107 cm³/mol. The van der Waals surface area contributed by atoms with E-state index >= 15 is 0 Å². The Morgan fingerprint density at radius 2 is 1.12 bits per heavy atom. The van der Waals surface area contributed by atoms with Gasteiger partial charge in [0.25, 0.3) is 0 Å². The third-order valence-electron chi connectivity index (χ3n) is 3.64. The standard InChI is InChI=1S/C21H14Br2O/c22-19-10-1-15(2-11-19)3-14-21(24)18-6-4-16(5-7-18)17-8-12-20(23)13-9-17/h1-14H/b14-3+. The maximum atomic E-state index is 12.3. The number of carbonyl (C=O) groups excluding carboxylic acids is 1. The Balaban J connectivity index is 1.74. The maximum absolute atomic E-state index is 12.3. The van der Waals surface area contributed by atoms with Crippen LogP contribution in [0.1, 0.15) is 15.9 Å². The summed E-state index contributed by atoms with van der Waals surface area (Å²) in [6.45, 7) is 0. The minimum Gasteiger partial charge on any atom is -0.289 e. The van der Waals surface area contributed by atoms with Gasteiger partial charge in [-0.15, -0.1) is 0 Å². The first-order valence-electron chi connectivity index (χ1n) is 7.46. The Morgan fingerprint density at radius 3 is 1.67 bits per heavy atom. The molecule has 0 saturated carbocycles. The van der Waals surface area contributed by atoms with Crippen molar-refractivity contribution in [3.8, 4) is 11.1 Å². The summed E-state index contributed by atoms with van der Waals surface area (Å²) in [7, 11) is 0. The zero-order valence-electron chi connectivity index (χ0n) is 12.7. The van der Waals surface area contributed by atoms with E-state index in [1.54, 1.807) is 6.08 Å². The third kappa shape index (κ3) is 4.31. The minimum absolute atomic E-state index is 0.000255. The van der Waals surface area contributed by atoms with Crippen LogP contribution in [-0.4, -0.2) is 5.78 Å². The molecule has 0 saturated heterocycles. The van der Waals surface area contributed by atoms with Crippen molar-refractivity contribution in [1.29, 1.82) is 0 Å². The molecular formula is C21H14Br2O. The average Bonchev–Trinajstić information content (AvgIpc) is 2.62. The fraction of sp³-hybridized carbons (Fsp3) is 0. The van der Waals surface area contributed by atoms with E-state index < -0.39 is 0 Å². The van der Waals surface area contributed by atoms with Gasteiger partial charge in [-0.2, -0.15) is 0 Å². The summed E-state index contributed by atoms with van der Waals surface area (Å²) >= 11 is 6.83. The Morgan fingerprint density at radius 1 is 0.667 bits per heavy atom. The van der Waals surface area contributed by atoms with Gasteiger partial charge in [0.05, 0.1) is 0 Å². The zero-order chi connectivity index (χ0) is 16.9. The van der Waals surface area contributed by atoms with E-state index in [2.05, 4.69) is 31.9 Å². The van der Waals surface area contributed by atoms with Crippen LogP contribution in [-0.2, 0) is 0 Å². The SMILES string of the molecule is O=C(/C=C/c1ccc(Br)cc1)c1ccc(-c2ccc(Br)cc2)cc1. The lowest BCUT2D eigenvalue weighted by Gasteiger charge is -2.03. The largest absolute Gasteiger partial charge is 0.289 e. The van der Waals surface area contributed by atoms with Crippen molar-refractivity contribution in [1.82, 2.24) is 0 Å². The molecule has 3 heteroatoms. The molecule has 0 aromatic heterocycles. The van der Waals surface area contributed by atoms with Gasteiger partial charge in [-0.25, -0.2) is 0 Å². The molecule has 0 radical (unpaired) electrons. The van der Waals surface area contributed by atoms with Crippen LogP contribution < -0.4 is 0 Å². The smallest absolute Gasteiger partial charge is 0.185 e. The number of hydrogen-bond acceptors (Lipinski definition) is 1. The van der Waals surface area contributed by atoms with Gasteiger partial charge in [-0.05, 0) is 47.0 Å². The molecule has 0 unspecified atom stereocenters. The number of ketones is 1. The average molecular weight is 442 g/mol. The second-order valence-corrected chi connectivity index (χ2v) is 7.16. The molecule has 3 aromatic rings. The van der Waals surface area contributed by atoms with E-state index in [-0.39, 0.29) is 5.78 Å². The van der Waals surface area contributed by atoms with Crippen molar-refractivity contribution >= 4 is 43.7 Å². The lowest BCUT2D eigenvalue weighted by Crippen LogP contribution is -1.93. The Bertz CT molecular complexity index is 861. The number of hydrogen-bond donors (Lipinski definition) is 0. The van der Waals surface area contributed by atoms with Crippen molar-refractivity contribution in [2.75, 3.05) is 0 Å². The molecule has 0 atom stereocenters. The van der Waals surface area contributed by atoms with Crippen molar-refractivity contribution in [3.05, 3.63) is 98.9 Å². The number of benzene rings is 3. The summed E-state index contributed by atoms with van der Waals surface area (Å²) in [5.41, 5.74) is 3.90. The van der Waals surface area contributed by atoms with Crippen molar-refractivity contribution in [2.24, 2.45) is 0 Å². The van der Waals surface area contributed by atoms with Crippen LogP contribution in [0.2, 0.25) is 0 Å². The molecule has 0 aliphatic heterocycles. The molecule has 0 bridgehead atoms. The zero-order valence-corrected chi connectivity index (χ0v) is 15.9. The molecule has 3 rings (SSSR count). The van der Waals surface area contributed by atoms with E-state index in [1.165, 1.54) is 0 Å². The molecule has 0 amide bonds.